The molecule has 0 heterocycles. The van der Waals surface area contributed by atoms with Gasteiger partial charge in [0.05, 0.1) is 0 Å². The maximum absolute atomic E-state index is 9.35. The number of nitrogens with one attached hydrogen (secondary N) is 1. The Hall–Kier alpha value is -2.20. The molecule has 0 bridgehead atoms. The molecule has 0 unspecified atom stereocenters. The van der Waals surface area contributed by atoms with Crippen LogP contribution < -0.4 is 10.1 Å². The molecule has 4 nitrogen and oxygen atoms in total. The number of aromatic hydroxyl groups is 2. The molecule has 4 heteroatoms. The third kappa shape index (κ3) is 4.19. The number of hydrogen-bond acceptors (Lipinski definition) is 4. The van der Waals surface area contributed by atoms with Crippen LogP contribution in [-0.4, -0.2) is 23.4 Å². The van der Waals surface area contributed by atoms with Gasteiger partial charge in [0.2, 0.25) is 0 Å². The Kier molecular flexibility index (Phi) is 4.64. The van der Waals surface area contributed by atoms with E-state index in [4.69, 9.17) is 4.74 Å². The first-order chi connectivity index (χ1) is 9.25. The normalized spacial score (nSPS) is 10.3. The fourth-order valence-electron chi connectivity index (χ4n) is 1.67. The standard InChI is InChI=1S/C15H17NO3/c17-14-7-6-12(10-15(14)18)11-16-8-9-19-13-4-2-1-3-5-13/h1-7,10,16-18H,8-9,11H2. The lowest BCUT2D eigenvalue weighted by Gasteiger charge is -2.08. The first kappa shape index (κ1) is 13.2. The molecule has 0 radical (unpaired) electrons. The second kappa shape index (κ2) is 6.66. The fraction of sp³-hybridized carbons (Fsp3) is 0.200. The number of phenolic OH excluding ortho intramolecular Hbond substituents is 2. The van der Waals surface area contributed by atoms with Gasteiger partial charge < -0.3 is 20.3 Å². The van der Waals surface area contributed by atoms with E-state index < -0.39 is 0 Å². The van der Waals surface area contributed by atoms with Crippen LogP contribution >= 0.6 is 0 Å². The van der Waals surface area contributed by atoms with Crippen molar-refractivity contribution in [3.8, 4) is 17.2 Å². The number of phenols is 2. The highest BCUT2D eigenvalue weighted by atomic mass is 16.5. The third-order valence-electron chi connectivity index (χ3n) is 2.66. The van der Waals surface area contributed by atoms with Gasteiger partial charge in [-0.15, -0.1) is 0 Å². The fourth-order valence-corrected chi connectivity index (χ4v) is 1.67. The van der Waals surface area contributed by atoms with Gasteiger partial charge in [0.1, 0.15) is 12.4 Å². The lowest BCUT2D eigenvalue weighted by molar-refractivity contribution is 0.313. The minimum Gasteiger partial charge on any atom is -0.504 e. The van der Waals surface area contributed by atoms with Crippen molar-refractivity contribution >= 4 is 0 Å². The van der Waals surface area contributed by atoms with Crippen LogP contribution in [-0.2, 0) is 6.54 Å². The maximum Gasteiger partial charge on any atom is 0.157 e. The van der Waals surface area contributed by atoms with Crippen molar-refractivity contribution in [1.29, 1.82) is 0 Å². The van der Waals surface area contributed by atoms with Gasteiger partial charge in [-0.05, 0) is 29.8 Å². The van der Waals surface area contributed by atoms with Gasteiger partial charge in [0.15, 0.2) is 11.5 Å². The lowest BCUT2D eigenvalue weighted by atomic mass is 10.2. The third-order valence-corrected chi connectivity index (χ3v) is 2.66. The number of ether oxygens (including phenoxy) is 1. The molecular formula is C15H17NO3. The molecule has 2 aromatic carbocycles. The number of hydrogen-bond donors (Lipinski definition) is 3. The van der Waals surface area contributed by atoms with E-state index in [0.29, 0.717) is 19.7 Å². The molecule has 3 N–H and O–H groups in total. The minimum atomic E-state index is -0.101. The Labute approximate surface area is 112 Å². The zero-order valence-corrected chi connectivity index (χ0v) is 10.5. The summed E-state index contributed by atoms with van der Waals surface area (Å²) in [6.07, 6.45) is 0. The van der Waals surface area contributed by atoms with E-state index in [9.17, 15) is 10.2 Å². The Morgan fingerprint density at radius 2 is 1.74 bits per heavy atom. The van der Waals surface area contributed by atoms with Crippen LogP contribution in [0, 0.1) is 0 Å². The first-order valence-electron chi connectivity index (χ1n) is 6.15. The molecule has 0 saturated heterocycles. The Morgan fingerprint density at radius 3 is 2.47 bits per heavy atom. The molecular weight excluding hydrogens is 242 g/mol. The molecule has 2 rings (SSSR count). The molecule has 0 aliphatic rings. The van der Waals surface area contributed by atoms with Crippen molar-refractivity contribution in [3.05, 3.63) is 54.1 Å². The van der Waals surface area contributed by atoms with Crippen LogP contribution in [0.5, 0.6) is 17.2 Å². The predicted molar refractivity (Wildman–Crippen MR) is 73.4 cm³/mol. The number of benzene rings is 2. The average Bonchev–Trinajstić information content (AvgIpc) is 2.43. The molecule has 0 aromatic heterocycles. The Bertz CT molecular complexity index is 514. The summed E-state index contributed by atoms with van der Waals surface area (Å²) < 4.78 is 5.53. The van der Waals surface area contributed by atoms with Crippen molar-refractivity contribution in [2.24, 2.45) is 0 Å². The molecule has 0 amide bonds. The van der Waals surface area contributed by atoms with E-state index in [1.54, 1.807) is 12.1 Å². The minimum absolute atomic E-state index is 0.0974. The summed E-state index contributed by atoms with van der Waals surface area (Å²) in [4.78, 5) is 0. The Balaban J connectivity index is 1.68. The summed E-state index contributed by atoms with van der Waals surface area (Å²) >= 11 is 0. The van der Waals surface area contributed by atoms with E-state index in [1.165, 1.54) is 6.07 Å². The zero-order chi connectivity index (χ0) is 13.5. The summed E-state index contributed by atoms with van der Waals surface area (Å²) in [5.74, 6) is 0.655. The monoisotopic (exact) mass is 259 g/mol. The maximum atomic E-state index is 9.35. The molecule has 100 valence electrons. The predicted octanol–water partition coefficient (Wildman–Crippen LogP) is 2.27. The van der Waals surface area contributed by atoms with Crippen LogP contribution in [0.3, 0.4) is 0 Å². The highest BCUT2D eigenvalue weighted by Gasteiger charge is 2.00. The van der Waals surface area contributed by atoms with Crippen molar-refractivity contribution in [2.45, 2.75) is 6.54 Å². The van der Waals surface area contributed by atoms with E-state index in [0.717, 1.165) is 11.3 Å². The molecule has 0 saturated carbocycles. The Morgan fingerprint density at radius 1 is 0.947 bits per heavy atom. The van der Waals surface area contributed by atoms with E-state index in [-0.39, 0.29) is 11.5 Å². The molecule has 0 aliphatic heterocycles. The second-order valence-electron chi connectivity index (χ2n) is 4.16. The quantitative estimate of drug-likeness (QED) is 0.550. The molecule has 0 fully saturated rings. The van der Waals surface area contributed by atoms with Crippen LogP contribution in [0.4, 0.5) is 0 Å². The van der Waals surface area contributed by atoms with E-state index >= 15 is 0 Å². The summed E-state index contributed by atoms with van der Waals surface area (Å²) in [5.41, 5.74) is 0.912. The number of para-hydroxylation sites is 1. The molecule has 0 aliphatic carbocycles. The van der Waals surface area contributed by atoms with Gasteiger partial charge in [-0.25, -0.2) is 0 Å². The van der Waals surface area contributed by atoms with Gasteiger partial charge in [0, 0.05) is 13.1 Å². The summed E-state index contributed by atoms with van der Waals surface area (Å²) in [5, 5.41) is 21.7. The van der Waals surface area contributed by atoms with Crippen LogP contribution in [0.1, 0.15) is 5.56 Å². The van der Waals surface area contributed by atoms with Crippen molar-refractivity contribution in [1.82, 2.24) is 5.32 Å². The lowest BCUT2D eigenvalue weighted by Crippen LogP contribution is -2.20. The first-order valence-corrected chi connectivity index (χ1v) is 6.15. The van der Waals surface area contributed by atoms with E-state index in [2.05, 4.69) is 5.32 Å². The van der Waals surface area contributed by atoms with Crippen LogP contribution in [0.2, 0.25) is 0 Å². The molecule has 0 spiro atoms. The van der Waals surface area contributed by atoms with Gasteiger partial charge in [-0.1, -0.05) is 24.3 Å². The summed E-state index contributed by atoms with van der Waals surface area (Å²) in [7, 11) is 0. The highest BCUT2D eigenvalue weighted by Crippen LogP contribution is 2.24. The average molecular weight is 259 g/mol. The van der Waals surface area contributed by atoms with Crippen LogP contribution in [0.25, 0.3) is 0 Å². The van der Waals surface area contributed by atoms with Gasteiger partial charge in [-0.2, -0.15) is 0 Å². The zero-order valence-electron chi connectivity index (χ0n) is 10.5. The largest absolute Gasteiger partial charge is 0.504 e. The smallest absolute Gasteiger partial charge is 0.157 e. The van der Waals surface area contributed by atoms with Gasteiger partial charge >= 0.3 is 0 Å². The van der Waals surface area contributed by atoms with Crippen molar-refractivity contribution < 1.29 is 14.9 Å². The number of rotatable bonds is 6. The van der Waals surface area contributed by atoms with Gasteiger partial charge in [0.25, 0.3) is 0 Å². The van der Waals surface area contributed by atoms with Crippen LogP contribution in [0.15, 0.2) is 48.5 Å². The van der Waals surface area contributed by atoms with Crippen molar-refractivity contribution in [2.75, 3.05) is 13.2 Å². The SMILES string of the molecule is Oc1ccc(CNCCOc2ccccc2)cc1O. The topological polar surface area (TPSA) is 61.7 Å². The summed E-state index contributed by atoms with van der Waals surface area (Å²) in [6.45, 7) is 1.90. The highest BCUT2D eigenvalue weighted by molar-refractivity contribution is 5.40. The van der Waals surface area contributed by atoms with Crippen molar-refractivity contribution in [3.63, 3.8) is 0 Å². The molecule has 0 atom stereocenters. The van der Waals surface area contributed by atoms with E-state index in [1.807, 2.05) is 30.3 Å². The molecule has 19 heavy (non-hydrogen) atoms. The molecule has 2 aromatic rings. The summed E-state index contributed by atoms with van der Waals surface area (Å²) in [6, 6.07) is 14.4. The second-order valence-corrected chi connectivity index (χ2v) is 4.16. The van der Waals surface area contributed by atoms with Gasteiger partial charge in [-0.3, -0.25) is 0 Å².